The maximum Gasteiger partial charge on any atom is 0.251 e. The first-order valence-corrected chi connectivity index (χ1v) is 9.05. The number of rotatable bonds is 6. The largest absolute Gasteiger partial charge is 0.343 e. The molecule has 1 fully saturated rings. The average molecular weight is 397 g/mol. The van der Waals surface area contributed by atoms with Crippen molar-refractivity contribution in [3.05, 3.63) is 65.5 Å². The van der Waals surface area contributed by atoms with Crippen molar-refractivity contribution in [2.75, 3.05) is 11.9 Å². The molecule has 0 spiro atoms. The van der Waals surface area contributed by atoms with Crippen molar-refractivity contribution in [2.45, 2.75) is 18.8 Å². The lowest BCUT2D eigenvalue weighted by molar-refractivity contribution is -0.115. The topological polar surface area (TPSA) is 99.8 Å². The molecule has 0 aliphatic heterocycles. The fourth-order valence-electron chi connectivity index (χ4n) is 2.83. The highest BCUT2D eigenvalue weighted by Gasteiger charge is 2.27. The number of carbonyl (C=O) groups excluding carboxylic acids is 2. The number of halogens is 2. The summed E-state index contributed by atoms with van der Waals surface area (Å²) in [6.07, 6.45) is 2.22. The maximum absolute atomic E-state index is 13.2. The monoisotopic (exact) mass is 397 g/mol. The molecule has 1 aliphatic rings. The van der Waals surface area contributed by atoms with Crippen LogP contribution in [0.5, 0.6) is 0 Å². The Balaban J connectivity index is 1.36. The summed E-state index contributed by atoms with van der Waals surface area (Å²) < 4.78 is 26.4. The van der Waals surface area contributed by atoms with E-state index in [-0.39, 0.29) is 12.1 Å². The number of amides is 2. The fourth-order valence-corrected chi connectivity index (χ4v) is 2.83. The van der Waals surface area contributed by atoms with Gasteiger partial charge in [-0.15, -0.1) is 0 Å². The van der Waals surface area contributed by atoms with Crippen LogP contribution in [0.4, 0.5) is 14.5 Å². The van der Waals surface area contributed by atoms with E-state index in [2.05, 4.69) is 25.8 Å². The van der Waals surface area contributed by atoms with Crippen LogP contribution in [0.25, 0.3) is 11.4 Å². The second-order valence-electron chi connectivity index (χ2n) is 6.79. The zero-order chi connectivity index (χ0) is 20.4. The first-order chi connectivity index (χ1) is 14.0. The minimum absolute atomic E-state index is 0.201. The zero-order valence-corrected chi connectivity index (χ0v) is 15.2. The molecule has 0 atom stereocenters. The van der Waals surface area contributed by atoms with Crippen molar-refractivity contribution < 1.29 is 18.4 Å². The van der Waals surface area contributed by atoms with E-state index >= 15 is 0 Å². The van der Waals surface area contributed by atoms with Crippen LogP contribution in [0, 0.1) is 11.6 Å². The van der Waals surface area contributed by atoms with E-state index in [1.807, 2.05) is 6.07 Å². The first-order valence-electron chi connectivity index (χ1n) is 9.05. The second kappa shape index (κ2) is 7.78. The van der Waals surface area contributed by atoms with E-state index in [0.717, 1.165) is 36.4 Å². The van der Waals surface area contributed by atoms with Crippen LogP contribution < -0.4 is 10.6 Å². The van der Waals surface area contributed by atoms with Crippen LogP contribution >= 0.6 is 0 Å². The highest BCUT2D eigenvalue weighted by Crippen LogP contribution is 2.38. The zero-order valence-electron chi connectivity index (χ0n) is 15.2. The number of carbonyl (C=O) groups is 2. The van der Waals surface area contributed by atoms with Crippen LogP contribution in [0.2, 0.25) is 0 Å². The third-order valence-corrected chi connectivity index (χ3v) is 4.41. The molecular weight excluding hydrogens is 380 g/mol. The third-order valence-electron chi connectivity index (χ3n) is 4.41. The fraction of sp³-hybridized carbons (Fsp3) is 0.200. The van der Waals surface area contributed by atoms with Crippen LogP contribution in [-0.4, -0.2) is 33.5 Å². The van der Waals surface area contributed by atoms with Gasteiger partial charge in [-0.3, -0.25) is 14.7 Å². The molecule has 3 N–H and O–H groups in total. The highest BCUT2D eigenvalue weighted by atomic mass is 19.1. The molecule has 0 bridgehead atoms. The predicted octanol–water partition coefficient (Wildman–Crippen LogP) is 3.00. The normalized spacial score (nSPS) is 13.2. The van der Waals surface area contributed by atoms with E-state index in [0.29, 0.717) is 23.5 Å². The van der Waals surface area contributed by atoms with E-state index in [9.17, 15) is 18.4 Å². The molecule has 2 amide bonds. The Labute approximate surface area is 164 Å². The van der Waals surface area contributed by atoms with Crippen molar-refractivity contribution in [3.8, 4) is 11.4 Å². The minimum Gasteiger partial charge on any atom is -0.343 e. The first kappa shape index (κ1) is 18.7. The number of benzene rings is 2. The number of H-pyrrole nitrogens is 1. The van der Waals surface area contributed by atoms with Gasteiger partial charge in [-0.1, -0.05) is 12.1 Å². The van der Waals surface area contributed by atoms with Gasteiger partial charge in [-0.25, -0.2) is 13.8 Å². The van der Waals surface area contributed by atoms with Gasteiger partial charge in [0.2, 0.25) is 5.91 Å². The molecule has 1 aliphatic carbocycles. The SMILES string of the molecule is O=C(CNC(=O)c1cc(F)cc(F)c1)Nc1cccc(-c2n[nH]c(C3CC3)n2)c1. The van der Waals surface area contributed by atoms with Gasteiger partial charge in [0.05, 0.1) is 6.54 Å². The quantitative estimate of drug-likeness (QED) is 0.595. The predicted molar refractivity (Wildman–Crippen MR) is 101 cm³/mol. The number of nitrogens with one attached hydrogen (secondary N) is 3. The van der Waals surface area contributed by atoms with Crippen LogP contribution in [0.3, 0.4) is 0 Å². The third kappa shape index (κ3) is 4.63. The molecule has 148 valence electrons. The average Bonchev–Trinajstić information content (AvgIpc) is 3.42. The highest BCUT2D eigenvalue weighted by molar-refractivity contribution is 5.99. The van der Waals surface area contributed by atoms with Crippen molar-refractivity contribution in [1.82, 2.24) is 20.5 Å². The van der Waals surface area contributed by atoms with Gasteiger partial charge in [-0.2, -0.15) is 5.10 Å². The number of hydrogen-bond acceptors (Lipinski definition) is 4. The van der Waals surface area contributed by atoms with Gasteiger partial charge >= 0.3 is 0 Å². The summed E-state index contributed by atoms with van der Waals surface area (Å²) in [6, 6.07) is 9.46. The lowest BCUT2D eigenvalue weighted by Gasteiger charge is -2.08. The Morgan fingerprint density at radius 1 is 1.10 bits per heavy atom. The standard InChI is InChI=1S/C20H17F2N5O2/c21-14-6-13(7-15(22)9-14)20(29)23-10-17(28)24-16-3-1-2-12(8-16)19-25-18(26-27-19)11-4-5-11/h1-3,6-9,11H,4-5,10H2,(H,23,29)(H,24,28)(H,25,26,27). The molecular formula is C20H17F2N5O2. The van der Waals surface area contributed by atoms with E-state index in [1.165, 1.54) is 0 Å². The van der Waals surface area contributed by atoms with Gasteiger partial charge in [-0.05, 0) is 37.1 Å². The lowest BCUT2D eigenvalue weighted by atomic mass is 10.2. The van der Waals surface area contributed by atoms with Gasteiger partial charge in [0, 0.05) is 28.8 Å². The molecule has 9 heteroatoms. The molecule has 1 aromatic heterocycles. The Bertz CT molecular complexity index is 1060. The molecule has 1 saturated carbocycles. The summed E-state index contributed by atoms with van der Waals surface area (Å²) in [4.78, 5) is 28.6. The Morgan fingerprint density at radius 3 is 2.59 bits per heavy atom. The molecule has 0 radical (unpaired) electrons. The second-order valence-corrected chi connectivity index (χ2v) is 6.79. The molecule has 4 rings (SSSR count). The molecule has 3 aromatic rings. The summed E-state index contributed by atoms with van der Waals surface area (Å²) >= 11 is 0. The lowest BCUT2D eigenvalue weighted by Crippen LogP contribution is -2.33. The van der Waals surface area contributed by atoms with E-state index < -0.39 is 23.4 Å². The Morgan fingerprint density at radius 2 is 1.86 bits per heavy atom. The summed E-state index contributed by atoms with van der Waals surface area (Å²) in [5, 5.41) is 12.1. The smallest absolute Gasteiger partial charge is 0.251 e. The van der Waals surface area contributed by atoms with Crippen LogP contribution in [0.15, 0.2) is 42.5 Å². The number of anilines is 1. The van der Waals surface area contributed by atoms with Crippen LogP contribution in [0.1, 0.15) is 34.9 Å². The number of aromatic nitrogens is 3. The molecule has 2 aromatic carbocycles. The van der Waals surface area contributed by atoms with Crippen molar-refractivity contribution >= 4 is 17.5 Å². The number of hydrogen-bond donors (Lipinski definition) is 3. The van der Waals surface area contributed by atoms with Crippen molar-refractivity contribution in [1.29, 1.82) is 0 Å². The molecule has 0 unspecified atom stereocenters. The van der Waals surface area contributed by atoms with Gasteiger partial charge < -0.3 is 10.6 Å². The minimum atomic E-state index is -0.867. The molecule has 1 heterocycles. The van der Waals surface area contributed by atoms with Crippen molar-refractivity contribution in [2.24, 2.45) is 0 Å². The maximum atomic E-state index is 13.2. The van der Waals surface area contributed by atoms with Gasteiger partial charge in [0.25, 0.3) is 5.91 Å². The number of aromatic amines is 1. The van der Waals surface area contributed by atoms with Crippen LogP contribution in [-0.2, 0) is 4.79 Å². The van der Waals surface area contributed by atoms with Gasteiger partial charge in [0.1, 0.15) is 17.5 Å². The van der Waals surface area contributed by atoms with Crippen molar-refractivity contribution in [3.63, 3.8) is 0 Å². The summed E-state index contributed by atoms with van der Waals surface area (Å²) in [6.45, 7) is -0.353. The summed E-state index contributed by atoms with van der Waals surface area (Å²) in [5.74, 6) is -1.10. The van der Waals surface area contributed by atoms with Gasteiger partial charge in [0.15, 0.2) is 5.82 Å². The van der Waals surface area contributed by atoms with E-state index in [4.69, 9.17) is 0 Å². The Hall–Kier alpha value is -3.62. The van der Waals surface area contributed by atoms with E-state index in [1.54, 1.807) is 18.2 Å². The molecule has 7 nitrogen and oxygen atoms in total. The summed E-state index contributed by atoms with van der Waals surface area (Å²) in [7, 11) is 0. The molecule has 29 heavy (non-hydrogen) atoms. The summed E-state index contributed by atoms with van der Waals surface area (Å²) in [5.41, 5.74) is 1.05. The Kier molecular flexibility index (Phi) is 5.03. The molecule has 0 saturated heterocycles. The number of nitrogens with zero attached hydrogens (tertiary/aromatic N) is 2.